The number of hydrogen-bond donors (Lipinski definition) is 1. The summed E-state index contributed by atoms with van der Waals surface area (Å²) in [5, 5.41) is 3.30. The van der Waals surface area contributed by atoms with Gasteiger partial charge in [-0.2, -0.15) is 4.31 Å². The molecule has 160 valence electrons. The molecular weight excluding hydrogens is 414 g/mol. The SMILES string of the molecule is CNC(c1ccccc1)c1cc2c(cn1)CN(S(=O)(=O)c1ccc3c(c1)OCCO3)C2. The second kappa shape index (κ2) is 7.96. The first kappa shape index (κ1) is 20.0. The highest BCUT2D eigenvalue weighted by Crippen LogP contribution is 2.35. The number of aromatic nitrogens is 1. The third-order valence-corrected chi connectivity index (χ3v) is 7.45. The fourth-order valence-corrected chi connectivity index (χ4v) is 5.47. The summed E-state index contributed by atoms with van der Waals surface area (Å²) in [7, 11) is -1.78. The predicted molar refractivity (Wildman–Crippen MR) is 115 cm³/mol. The van der Waals surface area contributed by atoms with E-state index >= 15 is 0 Å². The first-order chi connectivity index (χ1) is 15.1. The third-order valence-electron chi connectivity index (χ3n) is 5.67. The van der Waals surface area contributed by atoms with E-state index in [2.05, 4.69) is 22.4 Å². The van der Waals surface area contributed by atoms with Gasteiger partial charge in [0.1, 0.15) is 13.2 Å². The second-order valence-electron chi connectivity index (χ2n) is 7.59. The van der Waals surface area contributed by atoms with Gasteiger partial charge in [0.25, 0.3) is 0 Å². The zero-order valence-electron chi connectivity index (χ0n) is 17.1. The molecule has 8 heteroatoms. The Morgan fingerprint density at radius 1 is 0.968 bits per heavy atom. The largest absolute Gasteiger partial charge is 0.486 e. The van der Waals surface area contributed by atoms with Crippen molar-refractivity contribution in [1.29, 1.82) is 0 Å². The Kier molecular flexibility index (Phi) is 5.13. The number of nitrogens with zero attached hydrogens (tertiary/aromatic N) is 2. The van der Waals surface area contributed by atoms with Crippen molar-refractivity contribution in [2.45, 2.75) is 24.0 Å². The van der Waals surface area contributed by atoms with Gasteiger partial charge < -0.3 is 14.8 Å². The van der Waals surface area contributed by atoms with Crippen molar-refractivity contribution in [3.8, 4) is 11.5 Å². The van der Waals surface area contributed by atoms with Crippen LogP contribution in [0.5, 0.6) is 11.5 Å². The lowest BCUT2D eigenvalue weighted by atomic mass is 10.0. The summed E-state index contributed by atoms with van der Waals surface area (Å²) in [6, 6.07) is 16.8. The number of fused-ring (bicyclic) bond motifs is 2. The van der Waals surface area contributed by atoms with E-state index in [9.17, 15) is 8.42 Å². The van der Waals surface area contributed by atoms with Crippen LogP contribution in [0.3, 0.4) is 0 Å². The highest BCUT2D eigenvalue weighted by atomic mass is 32.2. The van der Waals surface area contributed by atoms with E-state index in [1.807, 2.05) is 31.3 Å². The monoisotopic (exact) mass is 437 g/mol. The van der Waals surface area contributed by atoms with Gasteiger partial charge >= 0.3 is 0 Å². The number of benzene rings is 2. The zero-order chi connectivity index (χ0) is 21.4. The van der Waals surface area contributed by atoms with E-state index in [0.717, 1.165) is 22.4 Å². The maximum Gasteiger partial charge on any atom is 0.243 e. The summed E-state index contributed by atoms with van der Waals surface area (Å²) in [5.41, 5.74) is 3.87. The fraction of sp³-hybridized carbons (Fsp3) is 0.261. The average molecular weight is 438 g/mol. The van der Waals surface area contributed by atoms with E-state index in [1.54, 1.807) is 24.4 Å². The van der Waals surface area contributed by atoms with Crippen LogP contribution in [-0.2, 0) is 23.1 Å². The quantitative estimate of drug-likeness (QED) is 0.661. The Balaban J connectivity index is 1.41. The minimum atomic E-state index is -3.68. The van der Waals surface area contributed by atoms with Gasteiger partial charge in [-0.1, -0.05) is 30.3 Å². The summed E-state index contributed by atoms with van der Waals surface area (Å²) >= 11 is 0. The molecule has 0 saturated heterocycles. The van der Waals surface area contributed by atoms with Crippen molar-refractivity contribution >= 4 is 10.0 Å². The molecule has 0 bridgehead atoms. The summed E-state index contributed by atoms with van der Waals surface area (Å²) < 4.78 is 39.1. The molecule has 1 unspecified atom stereocenters. The summed E-state index contributed by atoms with van der Waals surface area (Å²) in [6.07, 6.45) is 1.79. The summed E-state index contributed by atoms with van der Waals surface area (Å²) in [6.45, 7) is 1.49. The Morgan fingerprint density at radius 3 is 2.48 bits per heavy atom. The Hall–Kier alpha value is -2.94. The number of rotatable bonds is 5. The van der Waals surface area contributed by atoms with Gasteiger partial charge in [0.2, 0.25) is 10.0 Å². The van der Waals surface area contributed by atoms with Crippen LogP contribution in [0.25, 0.3) is 0 Å². The minimum absolute atomic E-state index is 0.0602. The van der Waals surface area contributed by atoms with Crippen molar-refractivity contribution in [3.63, 3.8) is 0 Å². The standard InChI is InChI=1S/C23H23N3O4S/c1-24-23(16-5-3-2-4-6-16)20-11-17-14-26(15-18(17)13-25-20)31(27,28)19-7-8-21-22(12-19)30-10-9-29-21/h2-8,11-13,23-24H,9-10,14-15H2,1H3. The number of sulfonamides is 1. The molecule has 2 aromatic carbocycles. The van der Waals surface area contributed by atoms with Gasteiger partial charge in [-0.05, 0) is 41.9 Å². The highest BCUT2D eigenvalue weighted by molar-refractivity contribution is 7.89. The molecule has 7 nitrogen and oxygen atoms in total. The fourth-order valence-electron chi connectivity index (χ4n) is 4.06. The smallest absolute Gasteiger partial charge is 0.243 e. The number of ether oxygens (including phenoxy) is 2. The molecule has 0 fully saturated rings. The van der Waals surface area contributed by atoms with Gasteiger partial charge in [-0.25, -0.2) is 8.42 Å². The summed E-state index contributed by atoms with van der Waals surface area (Å²) in [5.74, 6) is 1.04. The van der Waals surface area contributed by atoms with E-state index in [4.69, 9.17) is 9.47 Å². The van der Waals surface area contributed by atoms with Gasteiger partial charge in [-0.3, -0.25) is 4.98 Å². The molecule has 3 aromatic rings. The molecular formula is C23H23N3O4S. The Bertz CT molecular complexity index is 1210. The van der Waals surface area contributed by atoms with Gasteiger partial charge in [0.15, 0.2) is 11.5 Å². The lowest BCUT2D eigenvalue weighted by Gasteiger charge is -2.20. The average Bonchev–Trinajstić information content (AvgIpc) is 3.24. The Labute approximate surface area is 181 Å². The van der Waals surface area contributed by atoms with Gasteiger partial charge in [0, 0.05) is 25.4 Å². The third kappa shape index (κ3) is 3.67. The number of nitrogens with one attached hydrogen (secondary N) is 1. The van der Waals surface area contributed by atoms with E-state index in [0.29, 0.717) is 37.8 Å². The van der Waals surface area contributed by atoms with Crippen LogP contribution >= 0.6 is 0 Å². The molecule has 1 atom stereocenters. The number of hydrogen-bond acceptors (Lipinski definition) is 6. The first-order valence-electron chi connectivity index (χ1n) is 10.2. The molecule has 0 spiro atoms. The molecule has 0 aliphatic carbocycles. The Morgan fingerprint density at radius 2 is 1.71 bits per heavy atom. The van der Waals surface area contributed by atoms with Crippen molar-refractivity contribution in [2.24, 2.45) is 0 Å². The number of pyridine rings is 1. The van der Waals surface area contributed by atoms with Crippen LogP contribution in [0.1, 0.15) is 28.4 Å². The molecule has 2 aliphatic heterocycles. The topological polar surface area (TPSA) is 80.8 Å². The highest BCUT2D eigenvalue weighted by Gasteiger charge is 2.32. The molecule has 0 saturated carbocycles. The van der Waals surface area contributed by atoms with Crippen molar-refractivity contribution in [2.75, 3.05) is 20.3 Å². The molecule has 2 aliphatic rings. The lowest BCUT2D eigenvalue weighted by molar-refractivity contribution is 0.171. The maximum atomic E-state index is 13.3. The second-order valence-corrected chi connectivity index (χ2v) is 9.53. The molecule has 0 radical (unpaired) electrons. The van der Waals surface area contributed by atoms with E-state index in [1.165, 1.54) is 4.31 Å². The van der Waals surface area contributed by atoms with Crippen LogP contribution in [0.15, 0.2) is 65.7 Å². The predicted octanol–water partition coefficient (Wildman–Crippen LogP) is 2.87. The zero-order valence-corrected chi connectivity index (χ0v) is 17.9. The molecule has 31 heavy (non-hydrogen) atoms. The van der Waals surface area contributed by atoms with Gasteiger partial charge in [0.05, 0.1) is 16.6 Å². The van der Waals surface area contributed by atoms with Crippen LogP contribution in [0, 0.1) is 0 Å². The van der Waals surface area contributed by atoms with Crippen LogP contribution in [-0.4, -0.2) is 38.0 Å². The molecule has 1 aromatic heterocycles. The van der Waals surface area contributed by atoms with Gasteiger partial charge in [-0.15, -0.1) is 0 Å². The van der Waals surface area contributed by atoms with E-state index in [-0.39, 0.29) is 10.9 Å². The molecule has 3 heterocycles. The molecule has 5 rings (SSSR count). The van der Waals surface area contributed by atoms with Crippen molar-refractivity contribution in [3.05, 3.63) is 83.2 Å². The van der Waals surface area contributed by atoms with Crippen LogP contribution in [0.2, 0.25) is 0 Å². The van der Waals surface area contributed by atoms with Crippen LogP contribution < -0.4 is 14.8 Å². The normalized spacial score (nSPS) is 16.7. The molecule has 1 N–H and O–H groups in total. The van der Waals surface area contributed by atoms with Crippen LogP contribution in [0.4, 0.5) is 0 Å². The van der Waals surface area contributed by atoms with Crippen molar-refractivity contribution < 1.29 is 17.9 Å². The van der Waals surface area contributed by atoms with Crippen molar-refractivity contribution in [1.82, 2.24) is 14.6 Å². The molecule has 0 amide bonds. The lowest BCUT2D eigenvalue weighted by Crippen LogP contribution is -2.26. The van der Waals surface area contributed by atoms with E-state index < -0.39 is 10.0 Å². The first-order valence-corrected chi connectivity index (χ1v) is 11.6. The summed E-state index contributed by atoms with van der Waals surface area (Å²) in [4.78, 5) is 4.83. The maximum absolute atomic E-state index is 13.3. The minimum Gasteiger partial charge on any atom is -0.486 e.